The maximum Gasteiger partial charge on any atom is 0.222 e. The standard InChI is InChI=1S/C14H22N2O2/c1-14(2,18)10-16(3)13(17)9-6-11-4-7-12(15)8-5-11/h4-5,7-8,18H,6,9-10,15H2,1-3H3. The van der Waals surface area contributed by atoms with E-state index in [1.165, 1.54) is 0 Å². The van der Waals surface area contributed by atoms with Crippen molar-refractivity contribution in [1.29, 1.82) is 0 Å². The first kappa shape index (κ1) is 14.5. The van der Waals surface area contributed by atoms with Crippen LogP contribution in [0.2, 0.25) is 0 Å². The Labute approximate surface area is 108 Å². The molecule has 0 saturated heterocycles. The van der Waals surface area contributed by atoms with Crippen LogP contribution in [0.3, 0.4) is 0 Å². The highest BCUT2D eigenvalue weighted by Gasteiger charge is 2.18. The summed E-state index contributed by atoms with van der Waals surface area (Å²) >= 11 is 0. The van der Waals surface area contributed by atoms with Crippen molar-refractivity contribution in [3.63, 3.8) is 0 Å². The second-order valence-corrected chi connectivity index (χ2v) is 5.30. The van der Waals surface area contributed by atoms with E-state index in [4.69, 9.17) is 5.73 Å². The van der Waals surface area contributed by atoms with Crippen LogP contribution in [-0.2, 0) is 11.2 Å². The number of hydrogen-bond donors (Lipinski definition) is 2. The molecule has 0 fully saturated rings. The maximum absolute atomic E-state index is 11.9. The average Bonchev–Trinajstić information content (AvgIpc) is 2.25. The number of likely N-dealkylation sites (N-methyl/N-ethyl adjacent to an activating group) is 1. The first-order valence-electron chi connectivity index (χ1n) is 6.09. The largest absolute Gasteiger partial charge is 0.399 e. The van der Waals surface area contributed by atoms with Gasteiger partial charge in [-0.3, -0.25) is 4.79 Å². The van der Waals surface area contributed by atoms with Crippen molar-refractivity contribution in [2.75, 3.05) is 19.3 Å². The zero-order valence-corrected chi connectivity index (χ0v) is 11.3. The van der Waals surface area contributed by atoms with Gasteiger partial charge in [-0.2, -0.15) is 0 Å². The SMILES string of the molecule is CN(CC(C)(C)O)C(=O)CCc1ccc(N)cc1. The quantitative estimate of drug-likeness (QED) is 0.777. The number of carbonyl (C=O) groups excluding carboxylic acids is 1. The monoisotopic (exact) mass is 250 g/mol. The number of carbonyl (C=O) groups is 1. The van der Waals surface area contributed by atoms with Crippen LogP contribution in [0.5, 0.6) is 0 Å². The van der Waals surface area contributed by atoms with Crippen molar-refractivity contribution in [2.45, 2.75) is 32.3 Å². The normalized spacial score (nSPS) is 11.3. The zero-order valence-electron chi connectivity index (χ0n) is 11.3. The molecule has 3 N–H and O–H groups in total. The topological polar surface area (TPSA) is 66.6 Å². The third-order valence-corrected chi connectivity index (χ3v) is 2.66. The van der Waals surface area contributed by atoms with E-state index in [1.54, 1.807) is 25.8 Å². The molecule has 0 heterocycles. The lowest BCUT2D eigenvalue weighted by Crippen LogP contribution is -2.39. The fraction of sp³-hybridized carbons (Fsp3) is 0.500. The minimum Gasteiger partial charge on any atom is -0.399 e. The van der Waals surface area contributed by atoms with Gasteiger partial charge in [0.15, 0.2) is 0 Å². The van der Waals surface area contributed by atoms with Gasteiger partial charge in [0.25, 0.3) is 0 Å². The maximum atomic E-state index is 11.9. The van der Waals surface area contributed by atoms with E-state index in [0.717, 1.165) is 11.3 Å². The molecule has 0 aliphatic carbocycles. The Kier molecular flexibility index (Phi) is 4.73. The molecule has 0 spiro atoms. The predicted octanol–water partition coefficient (Wildman–Crippen LogP) is 1.43. The van der Waals surface area contributed by atoms with Crippen LogP contribution in [0.15, 0.2) is 24.3 Å². The summed E-state index contributed by atoms with van der Waals surface area (Å²) in [5, 5.41) is 9.64. The van der Waals surface area contributed by atoms with E-state index < -0.39 is 5.60 Å². The Bertz CT molecular complexity index is 393. The Morgan fingerprint density at radius 1 is 1.33 bits per heavy atom. The molecule has 0 radical (unpaired) electrons. The van der Waals surface area contributed by atoms with Crippen LogP contribution in [0, 0.1) is 0 Å². The lowest BCUT2D eigenvalue weighted by molar-refractivity contribution is -0.132. The number of aryl methyl sites for hydroxylation is 1. The number of nitrogens with zero attached hydrogens (tertiary/aromatic N) is 1. The van der Waals surface area contributed by atoms with E-state index in [9.17, 15) is 9.90 Å². The third-order valence-electron chi connectivity index (χ3n) is 2.66. The van der Waals surface area contributed by atoms with Crippen molar-refractivity contribution in [3.8, 4) is 0 Å². The molecule has 18 heavy (non-hydrogen) atoms. The second kappa shape index (κ2) is 5.87. The molecule has 0 atom stereocenters. The van der Waals surface area contributed by atoms with Crippen molar-refractivity contribution >= 4 is 11.6 Å². The molecule has 0 unspecified atom stereocenters. The fourth-order valence-corrected chi connectivity index (χ4v) is 1.80. The average molecular weight is 250 g/mol. The van der Waals surface area contributed by atoms with Gasteiger partial charge in [-0.05, 0) is 38.0 Å². The molecule has 4 heteroatoms. The second-order valence-electron chi connectivity index (χ2n) is 5.30. The third kappa shape index (κ3) is 5.19. The van der Waals surface area contributed by atoms with Crippen LogP contribution in [0.4, 0.5) is 5.69 Å². The summed E-state index contributed by atoms with van der Waals surface area (Å²) in [5.41, 5.74) is 6.56. The van der Waals surface area contributed by atoms with E-state index in [0.29, 0.717) is 19.4 Å². The van der Waals surface area contributed by atoms with Gasteiger partial charge in [0.05, 0.1) is 5.60 Å². The number of rotatable bonds is 5. The van der Waals surface area contributed by atoms with Gasteiger partial charge in [0, 0.05) is 25.7 Å². The Morgan fingerprint density at radius 2 is 1.89 bits per heavy atom. The summed E-state index contributed by atoms with van der Waals surface area (Å²) < 4.78 is 0. The Balaban J connectivity index is 2.43. The van der Waals surface area contributed by atoms with E-state index in [1.807, 2.05) is 24.3 Å². The van der Waals surface area contributed by atoms with Crippen LogP contribution >= 0.6 is 0 Å². The summed E-state index contributed by atoms with van der Waals surface area (Å²) in [6.07, 6.45) is 1.13. The lowest BCUT2D eigenvalue weighted by Gasteiger charge is -2.25. The van der Waals surface area contributed by atoms with Crippen LogP contribution in [-0.4, -0.2) is 35.1 Å². The van der Waals surface area contributed by atoms with Gasteiger partial charge in [0.2, 0.25) is 5.91 Å². The highest BCUT2D eigenvalue weighted by atomic mass is 16.3. The number of aliphatic hydroxyl groups is 1. The molecule has 0 aromatic heterocycles. The van der Waals surface area contributed by atoms with E-state index in [-0.39, 0.29) is 5.91 Å². The molecule has 0 aliphatic rings. The molecule has 1 aromatic carbocycles. The number of hydrogen-bond acceptors (Lipinski definition) is 3. The Hall–Kier alpha value is -1.55. The molecule has 4 nitrogen and oxygen atoms in total. The summed E-state index contributed by atoms with van der Waals surface area (Å²) in [4.78, 5) is 13.4. The molecule has 1 rings (SSSR count). The van der Waals surface area contributed by atoms with Gasteiger partial charge in [0.1, 0.15) is 0 Å². The molecule has 100 valence electrons. The highest BCUT2D eigenvalue weighted by molar-refractivity contribution is 5.76. The number of benzene rings is 1. The molecular weight excluding hydrogens is 228 g/mol. The highest BCUT2D eigenvalue weighted by Crippen LogP contribution is 2.10. The summed E-state index contributed by atoms with van der Waals surface area (Å²) in [6, 6.07) is 7.53. The van der Waals surface area contributed by atoms with Gasteiger partial charge in [-0.25, -0.2) is 0 Å². The lowest BCUT2D eigenvalue weighted by atomic mass is 10.1. The number of anilines is 1. The van der Waals surface area contributed by atoms with Gasteiger partial charge >= 0.3 is 0 Å². The summed E-state index contributed by atoms with van der Waals surface area (Å²) in [7, 11) is 1.71. The first-order valence-corrected chi connectivity index (χ1v) is 6.09. The fourth-order valence-electron chi connectivity index (χ4n) is 1.80. The summed E-state index contributed by atoms with van der Waals surface area (Å²) in [6.45, 7) is 3.72. The van der Waals surface area contributed by atoms with Crippen molar-refractivity contribution in [2.24, 2.45) is 0 Å². The van der Waals surface area contributed by atoms with Gasteiger partial charge in [-0.1, -0.05) is 12.1 Å². The smallest absolute Gasteiger partial charge is 0.222 e. The minimum atomic E-state index is -0.856. The van der Waals surface area contributed by atoms with E-state index >= 15 is 0 Å². The molecule has 0 saturated carbocycles. The molecule has 1 aromatic rings. The predicted molar refractivity (Wildman–Crippen MR) is 73.1 cm³/mol. The van der Waals surface area contributed by atoms with Crippen LogP contribution < -0.4 is 5.73 Å². The van der Waals surface area contributed by atoms with Crippen molar-refractivity contribution < 1.29 is 9.90 Å². The number of amides is 1. The first-order chi connectivity index (χ1) is 8.28. The van der Waals surface area contributed by atoms with E-state index in [2.05, 4.69) is 0 Å². The molecular formula is C14H22N2O2. The van der Waals surface area contributed by atoms with Crippen LogP contribution in [0.1, 0.15) is 25.8 Å². The summed E-state index contributed by atoms with van der Waals surface area (Å²) in [5.74, 6) is 0.0361. The number of nitrogens with two attached hydrogens (primary N) is 1. The number of nitrogen functional groups attached to an aromatic ring is 1. The molecule has 0 bridgehead atoms. The van der Waals surface area contributed by atoms with Crippen molar-refractivity contribution in [1.82, 2.24) is 4.90 Å². The van der Waals surface area contributed by atoms with Gasteiger partial charge in [-0.15, -0.1) is 0 Å². The van der Waals surface area contributed by atoms with Crippen molar-refractivity contribution in [3.05, 3.63) is 29.8 Å². The molecule has 1 amide bonds. The minimum absolute atomic E-state index is 0.0361. The Morgan fingerprint density at radius 3 is 2.39 bits per heavy atom. The van der Waals surface area contributed by atoms with Gasteiger partial charge < -0.3 is 15.7 Å². The van der Waals surface area contributed by atoms with Crippen LogP contribution in [0.25, 0.3) is 0 Å². The zero-order chi connectivity index (χ0) is 13.8. The molecule has 0 aliphatic heterocycles.